The van der Waals surface area contributed by atoms with Crippen molar-refractivity contribution in [3.63, 3.8) is 0 Å². The van der Waals surface area contributed by atoms with E-state index < -0.39 is 5.82 Å². The van der Waals surface area contributed by atoms with Gasteiger partial charge < -0.3 is 10.2 Å². The molecule has 2 aliphatic heterocycles. The molecule has 0 atom stereocenters. The zero-order valence-corrected chi connectivity index (χ0v) is 13.6. The van der Waals surface area contributed by atoms with E-state index in [1.807, 2.05) is 0 Å². The molecule has 0 saturated carbocycles. The van der Waals surface area contributed by atoms with E-state index in [-0.39, 0.29) is 11.5 Å². The third kappa shape index (κ3) is 3.14. The molecule has 1 N–H and O–H groups in total. The van der Waals surface area contributed by atoms with Gasteiger partial charge in [-0.2, -0.15) is 0 Å². The van der Waals surface area contributed by atoms with Crippen LogP contribution in [0.15, 0.2) is 22.7 Å². The van der Waals surface area contributed by atoms with Crippen LogP contribution in [0.2, 0.25) is 0 Å². The molecule has 2 fully saturated rings. The number of amides is 1. The minimum atomic E-state index is -0.439. The van der Waals surface area contributed by atoms with Gasteiger partial charge in [0.25, 0.3) is 5.91 Å². The van der Waals surface area contributed by atoms with Gasteiger partial charge in [0.05, 0.1) is 5.56 Å². The summed E-state index contributed by atoms with van der Waals surface area (Å²) in [6, 6.07) is 4.54. The van der Waals surface area contributed by atoms with Gasteiger partial charge in [0.2, 0.25) is 0 Å². The molecule has 0 bridgehead atoms. The number of halogens is 2. The molecule has 0 aromatic heterocycles. The summed E-state index contributed by atoms with van der Waals surface area (Å²) in [6.07, 6.45) is 4.46. The average molecular weight is 355 g/mol. The van der Waals surface area contributed by atoms with Crippen molar-refractivity contribution in [3.8, 4) is 0 Å². The second-order valence-corrected chi connectivity index (χ2v) is 7.08. The van der Waals surface area contributed by atoms with Gasteiger partial charge in [0.15, 0.2) is 0 Å². The molecular weight excluding hydrogens is 335 g/mol. The fraction of sp³-hybridized carbons (Fsp3) is 0.562. The summed E-state index contributed by atoms with van der Waals surface area (Å²) in [5.74, 6) is -0.622. The molecule has 2 heterocycles. The van der Waals surface area contributed by atoms with E-state index in [1.165, 1.54) is 18.9 Å². The molecule has 1 spiro atoms. The van der Waals surface area contributed by atoms with Crippen molar-refractivity contribution in [3.05, 3.63) is 34.1 Å². The number of benzene rings is 1. The highest BCUT2D eigenvalue weighted by molar-refractivity contribution is 9.10. The number of rotatable bonds is 1. The van der Waals surface area contributed by atoms with E-state index in [4.69, 9.17) is 0 Å². The molecule has 1 aromatic carbocycles. The van der Waals surface area contributed by atoms with Crippen molar-refractivity contribution >= 4 is 21.8 Å². The van der Waals surface area contributed by atoms with Gasteiger partial charge in [-0.05, 0) is 62.4 Å². The SMILES string of the molecule is O=C(c1cc(Br)ccc1F)N1CCC2(CCNCC2)CC1. The normalized spacial score (nSPS) is 21.5. The maximum absolute atomic E-state index is 13.8. The lowest BCUT2D eigenvalue weighted by molar-refractivity contribution is 0.0492. The van der Waals surface area contributed by atoms with Crippen LogP contribution in [0.4, 0.5) is 4.39 Å². The Morgan fingerprint density at radius 3 is 2.52 bits per heavy atom. The summed E-state index contributed by atoms with van der Waals surface area (Å²) < 4.78 is 14.6. The monoisotopic (exact) mass is 354 g/mol. The first-order chi connectivity index (χ1) is 10.1. The highest BCUT2D eigenvalue weighted by atomic mass is 79.9. The van der Waals surface area contributed by atoms with E-state index in [2.05, 4.69) is 21.2 Å². The fourth-order valence-electron chi connectivity index (χ4n) is 3.47. The van der Waals surface area contributed by atoms with Crippen molar-refractivity contribution in [1.82, 2.24) is 10.2 Å². The van der Waals surface area contributed by atoms with E-state index in [0.29, 0.717) is 5.41 Å². The first-order valence-electron chi connectivity index (χ1n) is 7.55. The second kappa shape index (κ2) is 6.05. The van der Waals surface area contributed by atoms with E-state index in [9.17, 15) is 9.18 Å². The van der Waals surface area contributed by atoms with Crippen LogP contribution in [-0.2, 0) is 0 Å². The Morgan fingerprint density at radius 1 is 1.19 bits per heavy atom. The highest BCUT2D eigenvalue weighted by Gasteiger charge is 2.37. The summed E-state index contributed by atoms with van der Waals surface area (Å²) in [5, 5.41) is 3.39. The number of hydrogen-bond acceptors (Lipinski definition) is 2. The van der Waals surface area contributed by atoms with Gasteiger partial charge in [-0.25, -0.2) is 4.39 Å². The van der Waals surface area contributed by atoms with Crippen molar-refractivity contribution < 1.29 is 9.18 Å². The van der Waals surface area contributed by atoms with Crippen LogP contribution >= 0.6 is 15.9 Å². The lowest BCUT2D eigenvalue weighted by Crippen LogP contribution is -2.47. The zero-order valence-electron chi connectivity index (χ0n) is 12.0. The first kappa shape index (κ1) is 15.0. The molecule has 5 heteroatoms. The van der Waals surface area contributed by atoms with Crippen LogP contribution in [0.3, 0.4) is 0 Å². The number of nitrogens with one attached hydrogen (secondary N) is 1. The molecule has 2 aliphatic rings. The third-order valence-electron chi connectivity index (χ3n) is 4.93. The van der Waals surface area contributed by atoms with Crippen molar-refractivity contribution in [2.24, 2.45) is 5.41 Å². The molecule has 3 nitrogen and oxygen atoms in total. The second-order valence-electron chi connectivity index (χ2n) is 6.17. The Balaban J connectivity index is 1.69. The summed E-state index contributed by atoms with van der Waals surface area (Å²) in [7, 11) is 0. The van der Waals surface area contributed by atoms with Crippen LogP contribution in [0.5, 0.6) is 0 Å². The van der Waals surface area contributed by atoms with Gasteiger partial charge >= 0.3 is 0 Å². The minimum absolute atomic E-state index is 0.172. The Morgan fingerprint density at radius 2 is 1.86 bits per heavy atom. The van der Waals surface area contributed by atoms with Crippen molar-refractivity contribution in [2.45, 2.75) is 25.7 Å². The van der Waals surface area contributed by atoms with Crippen molar-refractivity contribution in [2.75, 3.05) is 26.2 Å². The topological polar surface area (TPSA) is 32.3 Å². The van der Waals surface area contributed by atoms with E-state index >= 15 is 0 Å². The lowest BCUT2D eigenvalue weighted by Gasteiger charge is -2.44. The van der Waals surface area contributed by atoms with Gasteiger partial charge in [0, 0.05) is 17.6 Å². The summed E-state index contributed by atoms with van der Waals surface area (Å²) in [4.78, 5) is 14.3. The Labute approximate surface area is 133 Å². The number of likely N-dealkylation sites (tertiary alicyclic amines) is 1. The molecule has 114 valence electrons. The molecule has 21 heavy (non-hydrogen) atoms. The van der Waals surface area contributed by atoms with Gasteiger partial charge in [0.1, 0.15) is 5.82 Å². The Hall–Kier alpha value is -0.940. The fourth-order valence-corrected chi connectivity index (χ4v) is 3.83. The van der Waals surface area contributed by atoms with Crippen LogP contribution in [0.1, 0.15) is 36.0 Å². The smallest absolute Gasteiger partial charge is 0.256 e. The summed E-state index contributed by atoms with van der Waals surface area (Å²) in [6.45, 7) is 3.64. The molecule has 1 amide bonds. The summed E-state index contributed by atoms with van der Waals surface area (Å²) in [5.41, 5.74) is 0.573. The third-order valence-corrected chi connectivity index (χ3v) is 5.43. The Kier molecular flexibility index (Phi) is 4.31. The minimum Gasteiger partial charge on any atom is -0.339 e. The van der Waals surface area contributed by atoms with Gasteiger partial charge in [-0.1, -0.05) is 15.9 Å². The van der Waals surface area contributed by atoms with Crippen LogP contribution in [0, 0.1) is 11.2 Å². The van der Waals surface area contributed by atoms with Gasteiger partial charge in [-0.15, -0.1) is 0 Å². The average Bonchev–Trinajstić information content (AvgIpc) is 2.51. The maximum Gasteiger partial charge on any atom is 0.256 e. The number of hydrogen-bond donors (Lipinski definition) is 1. The lowest BCUT2D eigenvalue weighted by atomic mass is 9.71. The molecule has 0 unspecified atom stereocenters. The molecular formula is C16H20BrFN2O. The zero-order chi connectivity index (χ0) is 14.9. The molecule has 0 aliphatic carbocycles. The van der Waals surface area contributed by atoms with Gasteiger partial charge in [-0.3, -0.25) is 4.79 Å². The van der Waals surface area contributed by atoms with E-state index in [1.54, 1.807) is 17.0 Å². The van der Waals surface area contributed by atoms with Crippen LogP contribution in [0.25, 0.3) is 0 Å². The summed E-state index contributed by atoms with van der Waals surface area (Å²) >= 11 is 3.30. The first-order valence-corrected chi connectivity index (χ1v) is 8.34. The molecule has 2 saturated heterocycles. The van der Waals surface area contributed by atoms with Crippen LogP contribution in [-0.4, -0.2) is 37.0 Å². The predicted octanol–water partition coefficient (Wildman–Crippen LogP) is 3.19. The Bertz CT molecular complexity index is 533. The number of carbonyl (C=O) groups is 1. The highest BCUT2D eigenvalue weighted by Crippen LogP contribution is 2.39. The number of piperidine rings is 2. The number of carbonyl (C=O) groups excluding carboxylic acids is 1. The maximum atomic E-state index is 13.8. The largest absolute Gasteiger partial charge is 0.339 e. The predicted molar refractivity (Wildman–Crippen MR) is 83.8 cm³/mol. The van der Waals surface area contributed by atoms with Crippen LogP contribution < -0.4 is 5.32 Å². The van der Waals surface area contributed by atoms with E-state index in [0.717, 1.165) is 43.5 Å². The standard InChI is InChI=1S/C16H20BrFN2O/c17-12-1-2-14(18)13(11-12)15(21)20-9-5-16(6-10-20)3-7-19-8-4-16/h1-2,11,19H,3-10H2. The molecule has 3 rings (SSSR count). The molecule has 0 radical (unpaired) electrons. The molecule has 1 aromatic rings. The quantitative estimate of drug-likeness (QED) is 0.839. The number of nitrogens with zero attached hydrogens (tertiary/aromatic N) is 1. The van der Waals surface area contributed by atoms with Crippen molar-refractivity contribution in [1.29, 1.82) is 0 Å².